The molecule has 11 heavy (non-hydrogen) atoms. The summed E-state index contributed by atoms with van der Waals surface area (Å²) in [4.78, 5) is 0. The van der Waals surface area contributed by atoms with Crippen LogP contribution in [-0.4, -0.2) is 6.04 Å². The van der Waals surface area contributed by atoms with Crippen molar-refractivity contribution in [2.45, 2.75) is 39.2 Å². The lowest BCUT2D eigenvalue weighted by molar-refractivity contribution is 0.422. The van der Waals surface area contributed by atoms with Gasteiger partial charge in [-0.15, -0.1) is 5.73 Å². The minimum Gasteiger partial charge on any atom is -0.324 e. The van der Waals surface area contributed by atoms with Gasteiger partial charge in [-0.3, -0.25) is 0 Å². The first-order chi connectivity index (χ1) is 5.26. The molecule has 0 aromatic rings. The van der Waals surface area contributed by atoms with Crippen LogP contribution in [0.2, 0.25) is 0 Å². The summed E-state index contributed by atoms with van der Waals surface area (Å²) in [5.41, 5.74) is 8.61. The first kappa shape index (κ1) is 10.5. The van der Waals surface area contributed by atoms with Crippen molar-refractivity contribution >= 4 is 0 Å². The van der Waals surface area contributed by atoms with Crippen LogP contribution in [0.5, 0.6) is 0 Å². The third-order valence-electron chi connectivity index (χ3n) is 2.04. The molecule has 0 aliphatic heterocycles. The second-order valence-electron chi connectivity index (χ2n) is 2.91. The Bertz CT molecular complexity index is 134. The van der Waals surface area contributed by atoms with Gasteiger partial charge in [0.15, 0.2) is 0 Å². The number of hydrogen-bond acceptors (Lipinski definition) is 1. The second-order valence-corrected chi connectivity index (χ2v) is 2.91. The first-order valence-corrected chi connectivity index (χ1v) is 4.37. The fraction of sp³-hybridized carbons (Fsp3) is 0.700. The Balaban J connectivity index is 3.90. The van der Waals surface area contributed by atoms with Gasteiger partial charge in [-0.1, -0.05) is 33.3 Å². The van der Waals surface area contributed by atoms with E-state index in [2.05, 4.69) is 26.2 Å². The Morgan fingerprint density at radius 3 is 2.55 bits per heavy atom. The molecule has 0 aliphatic rings. The zero-order valence-electron chi connectivity index (χ0n) is 7.64. The van der Waals surface area contributed by atoms with Gasteiger partial charge in [0.25, 0.3) is 0 Å². The van der Waals surface area contributed by atoms with E-state index in [0.717, 1.165) is 6.42 Å². The maximum atomic E-state index is 5.87. The topological polar surface area (TPSA) is 26.0 Å². The predicted molar refractivity (Wildman–Crippen MR) is 50.4 cm³/mol. The van der Waals surface area contributed by atoms with Crippen molar-refractivity contribution in [1.82, 2.24) is 0 Å². The zero-order chi connectivity index (χ0) is 8.69. The number of hydrogen-bond donors (Lipinski definition) is 1. The summed E-state index contributed by atoms with van der Waals surface area (Å²) in [7, 11) is 0. The van der Waals surface area contributed by atoms with Crippen LogP contribution in [-0.2, 0) is 0 Å². The van der Waals surface area contributed by atoms with Gasteiger partial charge in [0.05, 0.1) is 0 Å². The number of nitrogens with two attached hydrogens (primary N) is 1. The zero-order valence-corrected chi connectivity index (χ0v) is 7.64. The van der Waals surface area contributed by atoms with Crippen LogP contribution in [0.25, 0.3) is 0 Å². The van der Waals surface area contributed by atoms with Gasteiger partial charge in [-0.25, -0.2) is 0 Å². The molecule has 2 atom stereocenters. The van der Waals surface area contributed by atoms with Crippen molar-refractivity contribution in [2.75, 3.05) is 0 Å². The van der Waals surface area contributed by atoms with Crippen LogP contribution in [0.3, 0.4) is 0 Å². The predicted octanol–water partition coefficient (Wildman–Crippen LogP) is 2.48. The van der Waals surface area contributed by atoms with Gasteiger partial charge in [0.1, 0.15) is 0 Å². The minimum absolute atomic E-state index is 0.150. The molecule has 0 amide bonds. The first-order valence-electron chi connectivity index (χ1n) is 4.37. The van der Waals surface area contributed by atoms with Gasteiger partial charge >= 0.3 is 0 Å². The minimum atomic E-state index is 0.150. The lowest BCUT2D eigenvalue weighted by Crippen LogP contribution is -2.27. The summed E-state index contributed by atoms with van der Waals surface area (Å²) in [5, 5.41) is 0. The fourth-order valence-electron chi connectivity index (χ4n) is 1.31. The fourth-order valence-corrected chi connectivity index (χ4v) is 1.31. The van der Waals surface area contributed by atoms with Crippen molar-refractivity contribution in [2.24, 2.45) is 11.7 Å². The molecule has 0 heterocycles. The van der Waals surface area contributed by atoms with E-state index in [1.54, 1.807) is 0 Å². The smallest absolute Gasteiger partial charge is 0.0327 e. The highest BCUT2D eigenvalue weighted by atomic mass is 14.6. The van der Waals surface area contributed by atoms with Crippen LogP contribution in [0.1, 0.15) is 33.1 Å². The van der Waals surface area contributed by atoms with Crippen LogP contribution < -0.4 is 5.73 Å². The second kappa shape index (κ2) is 6.21. The number of rotatable bonds is 5. The van der Waals surface area contributed by atoms with Gasteiger partial charge in [-0.05, 0) is 18.4 Å². The Hall–Kier alpha value is -0.520. The molecule has 0 bridgehead atoms. The molecule has 2 N–H and O–H groups in total. The van der Waals surface area contributed by atoms with E-state index in [9.17, 15) is 0 Å². The van der Waals surface area contributed by atoms with Crippen LogP contribution in [0.4, 0.5) is 0 Å². The van der Waals surface area contributed by atoms with E-state index in [0.29, 0.717) is 5.92 Å². The molecule has 0 aromatic heterocycles. The molecular formula is C10H19N. The van der Waals surface area contributed by atoms with Gasteiger partial charge in [-0.2, -0.15) is 0 Å². The normalized spacial score (nSPS) is 15.2. The lowest BCUT2D eigenvalue weighted by atomic mass is 9.93. The van der Waals surface area contributed by atoms with E-state index < -0.39 is 0 Å². The molecule has 0 saturated heterocycles. The van der Waals surface area contributed by atoms with Crippen molar-refractivity contribution < 1.29 is 0 Å². The molecule has 0 aromatic carbocycles. The molecule has 1 heteroatoms. The van der Waals surface area contributed by atoms with Crippen molar-refractivity contribution in [3.05, 3.63) is 18.4 Å². The Morgan fingerprint density at radius 2 is 2.18 bits per heavy atom. The average molecular weight is 153 g/mol. The Morgan fingerprint density at radius 1 is 1.55 bits per heavy atom. The van der Waals surface area contributed by atoms with E-state index in [-0.39, 0.29) is 6.04 Å². The van der Waals surface area contributed by atoms with Crippen LogP contribution in [0, 0.1) is 5.92 Å². The van der Waals surface area contributed by atoms with Crippen molar-refractivity contribution in [3.8, 4) is 0 Å². The highest BCUT2D eigenvalue weighted by Gasteiger charge is 2.11. The molecule has 0 aliphatic carbocycles. The molecule has 1 nitrogen and oxygen atoms in total. The SMILES string of the molecule is C=C=CC(N)C(CC)CCC. The van der Waals surface area contributed by atoms with Gasteiger partial charge in [0.2, 0.25) is 0 Å². The maximum Gasteiger partial charge on any atom is 0.0327 e. The van der Waals surface area contributed by atoms with Crippen LogP contribution >= 0.6 is 0 Å². The maximum absolute atomic E-state index is 5.87. The molecule has 0 radical (unpaired) electrons. The quantitative estimate of drug-likeness (QED) is 0.603. The summed E-state index contributed by atoms with van der Waals surface area (Å²) in [6.07, 6.45) is 5.42. The largest absolute Gasteiger partial charge is 0.324 e. The summed E-state index contributed by atoms with van der Waals surface area (Å²) in [5.74, 6) is 0.606. The van der Waals surface area contributed by atoms with E-state index in [1.807, 2.05) is 6.08 Å². The summed E-state index contributed by atoms with van der Waals surface area (Å²) in [6, 6.07) is 0.150. The van der Waals surface area contributed by atoms with E-state index >= 15 is 0 Å². The highest BCUT2D eigenvalue weighted by molar-refractivity contribution is 4.91. The lowest BCUT2D eigenvalue weighted by Gasteiger charge is -2.17. The standard InChI is InChI=1S/C10H19N/c1-4-7-9(6-3)10(11)8-5-2/h8-10H,2,4,6-7,11H2,1,3H3. The monoisotopic (exact) mass is 153 g/mol. The van der Waals surface area contributed by atoms with E-state index in [1.165, 1.54) is 12.8 Å². The molecule has 64 valence electrons. The molecule has 0 fully saturated rings. The molecular weight excluding hydrogens is 134 g/mol. The van der Waals surface area contributed by atoms with Crippen LogP contribution in [0.15, 0.2) is 18.4 Å². The molecule has 0 saturated carbocycles. The molecule has 0 spiro atoms. The molecule has 2 unspecified atom stereocenters. The highest BCUT2D eigenvalue weighted by Crippen LogP contribution is 2.14. The summed E-state index contributed by atoms with van der Waals surface area (Å²) in [6.45, 7) is 7.88. The third-order valence-corrected chi connectivity index (χ3v) is 2.04. The van der Waals surface area contributed by atoms with E-state index in [4.69, 9.17) is 5.73 Å². The average Bonchev–Trinajstić information content (AvgIpc) is 2.00. The summed E-state index contributed by atoms with van der Waals surface area (Å²) >= 11 is 0. The van der Waals surface area contributed by atoms with Crippen molar-refractivity contribution in [3.63, 3.8) is 0 Å². The summed E-state index contributed by atoms with van der Waals surface area (Å²) < 4.78 is 0. The van der Waals surface area contributed by atoms with Crippen molar-refractivity contribution in [1.29, 1.82) is 0 Å². The Labute approximate surface area is 70.0 Å². The Kier molecular flexibility index (Phi) is 5.91. The third kappa shape index (κ3) is 4.02. The van der Waals surface area contributed by atoms with Gasteiger partial charge < -0.3 is 5.73 Å². The molecule has 0 rings (SSSR count). The van der Waals surface area contributed by atoms with Gasteiger partial charge in [0, 0.05) is 6.04 Å².